The first kappa shape index (κ1) is 45.9. The smallest absolute Gasteiger partial charge is 0.262 e. The topological polar surface area (TPSA) is 207 Å². The van der Waals surface area contributed by atoms with Gasteiger partial charge < -0.3 is 15.1 Å². The molecule has 0 bridgehead atoms. The van der Waals surface area contributed by atoms with Crippen molar-refractivity contribution in [2.75, 3.05) is 66.5 Å². The van der Waals surface area contributed by atoms with Gasteiger partial charge in [0.2, 0.25) is 33.7 Å². The number of sulfonamides is 1. The molecule has 17 nitrogen and oxygen atoms in total. The average Bonchev–Trinajstić information content (AvgIpc) is 3.81. The highest BCUT2D eigenvalue weighted by Gasteiger charge is 2.54. The molecule has 4 aromatic rings. The number of aromatic nitrogens is 3. The maximum atomic E-state index is 16.1. The zero-order valence-corrected chi connectivity index (χ0v) is 40.2. The van der Waals surface area contributed by atoms with Crippen molar-refractivity contribution in [1.82, 2.24) is 35.0 Å². The standard InChI is InChI=1S/C48H55FN10O7S2/c1-5-19-68(65,66)55-33-8-6-7-31(38(33)49)39-40(67-44(54-39)46(2,3)4)34-13-16-50-45(52-34)51-28-21-48(22-28)26-58(27-48)37(61)23-56-17-14-47(15-18-56)24-57(25-47)29-9-10-30-32(20-29)43(64)59(42(30)63)35-11-12-36(60)53-41(35)62/h6-10,13,16,20,28,35,55H,5,11-12,14-15,17-19,21-27H2,1-4H3,(H,50,51,52)(H,53,60,62)/t35-/m1/s1. The predicted molar refractivity (Wildman–Crippen MR) is 254 cm³/mol. The van der Waals surface area contributed by atoms with Gasteiger partial charge in [0, 0.05) is 72.3 Å². The summed E-state index contributed by atoms with van der Waals surface area (Å²) in [6.45, 7) is 13.0. The number of fused-ring (bicyclic) bond motifs is 1. The lowest BCUT2D eigenvalue weighted by atomic mass is 9.60. The number of carbonyl (C=O) groups is 5. The van der Waals surface area contributed by atoms with Gasteiger partial charge in [-0.05, 0) is 88.0 Å². The van der Waals surface area contributed by atoms with E-state index in [1.807, 2.05) is 31.7 Å². The van der Waals surface area contributed by atoms with Crippen LogP contribution < -0.4 is 20.3 Å². The Kier molecular flexibility index (Phi) is 11.5. The molecule has 3 N–H and O–H groups in total. The van der Waals surface area contributed by atoms with Crippen LogP contribution in [0.15, 0.2) is 48.7 Å². The first-order valence-electron chi connectivity index (χ1n) is 23.3. The Morgan fingerprint density at radius 3 is 2.38 bits per heavy atom. The quantitative estimate of drug-likeness (QED) is 0.155. The molecule has 10 rings (SSSR count). The Labute approximate surface area is 398 Å². The molecular weight excluding hydrogens is 912 g/mol. The van der Waals surface area contributed by atoms with Crippen molar-refractivity contribution in [3.8, 4) is 21.8 Å². The largest absolute Gasteiger partial charge is 0.370 e. The Morgan fingerprint density at radius 1 is 0.941 bits per heavy atom. The molecule has 7 heterocycles. The van der Waals surface area contributed by atoms with Crippen LogP contribution in [0.2, 0.25) is 0 Å². The van der Waals surface area contributed by atoms with Gasteiger partial charge in [0.1, 0.15) is 6.04 Å². The number of thiazole rings is 1. The maximum Gasteiger partial charge on any atom is 0.262 e. The summed E-state index contributed by atoms with van der Waals surface area (Å²) in [5, 5.41) is 6.50. The monoisotopic (exact) mass is 966 g/mol. The number of hydrogen-bond acceptors (Lipinski definition) is 14. The number of nitrogens with one attached hydrogen (secondary N) is 3. The molecule has 1 saturated carbocycles. The normalized spacial score (nSPS) is 21.4. The summed E-state index contributed by atoms with van der Waals surface area (Å²) in [5.41, 5.74) is 2.26. The van der Waals surface area contributed by atoms with E-state index in [-0.39, 0.29) is 69.2 Å². The van der Waals surface area contributed by atoms with Crippen LogP contribution in [0.25, 0.3) is 21.8 Å². The molecule has 0 unspecified atom stereocenters. The number of rotatable bonds is 12. The number of anilines is 3. The van der Waals surface area contributed by atoms with E-state index < -0.39 is 45.5 Å². The van der Waals surface area contributed by atoms with Crippen LogP contribution >= 0.6 is 11.3 Å². The van der Waals surface area contributed by atoms with E-state index in [4.69, 9.17) is 9.97 Å². The van der Waals surface area contributed by atoms with Gasteiger partial charge in [0.05, 0.1) is 50.4 Å². The van der Waals surface area contributed by atoms with Crippen LogP contribution in [0.5, 0.6) is 0 Å². The van der Waals surface area contributed by atoms with Crippen LogP contribution in [0, 0.1) is 16.6 Å². The van der Waals surface area contributed by atoms with Crippen molar-refractivity contribution in [3.05, 3.63) is 70.6 Å². The molecular formula is C48H55FN10O7S2. The second kappa shape index (κ2) is 17.0. The molecule has 5 amide bonds. The van der Waals surface area contributed by atoms with E-state index >= 15 is 4.39 Å². The molecule has 0 radical (unpaired) electrons. The van der Waals surface area contributed by atoms with Crippen molar-refractivity contribution in [1.29, 1.82) is 0 Å². The van der Waals surface area contributed by atoms with Crippen molar-refractivity contribution in [3.63, 3.8) is 0 Å². The number of amides is 5. The van der Waals surface area contributed by atoms with E-state index in [9.17, 15) is 32.4 Å². The predicted octanol–water partition coefficient (Wildman–Crippen LogP) is 5.26. The average molecular weight is 967 g/mol. The fraction of sp³-hybridized carbons (Fsp3) is 0.500. The highest BCUT2D eigenvalue weighted by Crippen LogP contribution is 2.50. The van der Waals surface area contributed by atoms with Gasteiger partial charge in [-0.15, -0.1) is 11.3 Å². The number of halogens is 1. The summed E-state index contributed by atoms with van der Waals surface area (Å²) in [6.07, 6.45) is 5.93. The van der Waals surface area contributed by atoms with Crippen molar-refractivity contribution < 1.29 is 36.8 Å². The molecule has 5 aliphatic heterocycles. The summed E-state index contributed by atoms with van der Waals surface area (Å²) < 4.78 is 43.6. The van der Waals surface area contributed by atoms with E-state index in [0.29, 0.717) is 35.2 Å². The van der Waals surface area contributed by atoms with Gasteiger partial charge >= 0.3 is 0 Å². The molecule has 1 atom stereocenters. The lowest BCUT2D eigenvalue weighted by Gasteiger charge is -2.59. The highest BCUT2D eigenvalue weighted by atomic mass is 32.2. The Bertz CT molecular complexity index is 2850. The van der Waals surface area contributed by atoms with E-state index in [1.54, 1.807) is 43.5 Å². The lowest BCUT2D eigenvalue weighted by Crippen LogP contribution is -2.67. The van der Waals surface area contributed by atoms with Crippen LogP contribution in [-0.4, -0.2) is 131 Å². The first-order valence-corrected chi connectivity index (χ1v) is 25.8. The van der Waals surface area contributed by atoms with Gasteiger partial charge in [0.15, 0.2) is 5.82 Å². The zero-order chi connectivity index (χ0) is 47.9. The number of nitrogens with zero attached hydrogens (tertiary/aromatic N) is 7. The third-order valence-corrected chi connectivity index (χ3v) is 17.3. The van der Waals surface area contributed by atoms with Crippen LogP contribution in [-0.2, 0) is 29.8 Å². The van der Waals surface area contributed by atoms with Crippen LogP contribution in [0.4, 0.5) is 21.7 Å². The minimum atomic E-state index is -3.72. The fourth-order valence-electron chi connectivity index (χ4n) is 10.7. The number of piperidine rings is 2. The minimum Gasteiger partial charge on any atom is -0.370 e. The van der Waals surface area contributed by atoms with Crippen molar-refractivity contribution >= 4 is 68.2 Å². The number of carbonyl (C=O) groups excluding carboxylic acids is 5. The summed E-state index contributed by atoms with van der Waals surface area (Å²) >= 11 is 1.42. The number of benzene rings is 2. The summed E-state index contributed by atoms with van der Waals surface area (Å²) in [6, 6.07) is 10.8. The minimum absolute atomic E-state index is 0.0681. The Morgan fingerprint density at radius 2 is 1.68 bits per heavy atom. The fourth-order valence-corrected chi connectivity index (χ4v) is 12.9. The Balaban J connectivity index is 0.699. The van der Waals surface area contributed by atoms with E-state index in [0.717, 1.165) is 80.5 Å². The van der Waals surface area contributed by atoms with Crippen molar-refractivity contribution in [2.45, 2.75) is 90.1 Å². The molecule has 6 aliphatic rings. The number of likely N-dealkylation sites (tertiary alicyclic amines) is 2. The molecule has 1 aliphatic carbocycles. The SMILES string of the molecule is CCCS(=O)(=O)Nc1cccc(-c2nc(C(C)(C)C)sc2-c2ccnc(NC3CC4(C3)CN(C(=O)CN3CCC5(CC3)CN(c3ccc6c(c3)C(=O)N([C@@H]3CCC(=O)NC3=O)C6=O)C5)C4)n2)c1F. The maximum absolute atomic E-state index is 16.1. The van der Waals surface area contributed by atoms with Crippen LogP contribution in [0.1, 0.15) is 98.4 Å². The second-order valence-electron chi connectivity index (χ2n) is 20.6. The first-order chi connectivity index (χ1) is 32.3. The third-order valence-electron chi connectivity index (χ3n) is 14.4. The third kappa shape index (κ3) is 8.52. The molecule has 2 aromatic heterocycles. The molecule has 2 spiro atoms. The molecule has 5 fully saturated rings. The summed E-state index contributed by atoms with van der Waals surface area (Å²) in [4.78, 5) is 86.4. The van der Waals surface area contributed by atoms with E-state index in [1.165, 1.54) is 17.4 Å². The molecule has 358 valence electrons. The highest BCUT2D eigenvalue weighted by molar-refractivity contribution is 7.92. The Hall–Kier alpha value is -5.86. The van der Waals surface area contributed by atoms with Gasteiger partial charge in [-0.3, -0.25) is 43.8 Å². The second-order valence-corrected chi connectivity index (χ2v) is 23.4. The summed E-state index contributed by atoms with van der Waals surface area (Å²) in [7, 11) is -3.72. The van der Waals surface area contributed by atoms with Gasteiger partial charge in [0.25, 0.3) is 11.8 Å². The van der Waals surface area contributed by atoms with Crippen LogP contribution in [0.3, 0.4) is 0 Å². The summed E-state index contributed by atoms with van der Waals surface area (Å²) in [5.74, 6) is -2.29. The number of imide groups is 2. The number of hydrogen-bond donors (Lipinski definition) is 3. The zero-order valence-electron chi connectivity index (χ0n) is 38.6. The lowest BCUT2D eigenvalue weighted by molar-refractivity contribution is -0.152. The van der Waals surface area contributed by atoms with Gasteiger partial charge in [-0.25, -0.2) is 27.8 Å². The van der Waals surface area contributed by atoms with Crippen molar-refractivity contribution in [2.24, 2.45) is 10.8 Å². The molecule has 20 heteroatoms. The van der Waals surface area contributed by atoms with Gasteiger partial charge in [-0.1, -0.05) is 33.8 Å². The molecule has 2 aromatic carbocycles. The molecule has 4 saturated heterocycles. The van der Waals surface area contributed by atoms with Gasteiger partial charge in [-0.2, -0.15) is 0 Å². The van der Waals surface area contributed by atoms with E-state index in [2.05, 4.69) is 30.1 Å². The molecule has 68 heavy (non-hydrogen) atoms.